The average molecular weight is 363 g/mol. The van der Waals surface area contributed by atoms with E-state index in [9.17, 15) is 31.5 Å². The fourth-order valence-corrected chi connectivity index (χ4v) is 2.22. The minimum atomic E-state index is -5.71. The number of fused-ring (bicyclic) bond motifs is 1. The molecule has 0 unspecified atom stereocenters. The number of alkyl halides is 5. The molecule has 0 atom stereocenters. The van der Waals surface area contributed by atoms with Gasteiger partial charge in [0.25, 0.3) is 0 Å². The summed E-state index contributed by atoms with van der Waals surface area (Å²) in [5.74, 6) is -5.77. The molecule has 0 amide bonds. The van der Waals surface area contributed by atoms with Crippen LogP contribution in [0.5, 0.6) is 0 Å². The van der Waals surface area contributed by atoms with Crippen molar-refractivity contribution in [3.8, 4) is 11.4 Å². The van der Waals surface area contributed by atoms with Crippen LogP contribution in [0.15, 0.2) is 36.8 Å². The number of nitrogens with zero attached hydrogens (tertiary/aromatic N) is 4. The summed E-state index contributed by atoms with van der Waals surface area (Å²) in [7, 11) is 0. The van der Waals surface area contributed by atoms with Gasteiger partial charge in [0, 0.05) is 16.2 Å². The van der Waals surface area contributed by atoms with Crippen LogP contribution in [0.2, 0.25) is 0 Å². The van der Waals surface area contributed by atoms with E-state index in [4.69, 9.17) is 0 Å². The van der Waals surface area contributed by atoms with Crippen molar-refractivity contribution in [3.63, 3.8) is 0 Å². The van der Waals surface area contributed by atoms with Gasteiger partial charge in [0.1, 0.15) is 12.2 Å². The van der Waals surface area contributed by atoms with Crippen LogP contribution < -0.4 is 4.73 Å². The number of halogens is 6. The van der Waals surface area contributed by atoms with Crippen LogP contribution in [0, 0.1) is 5.82 Å². The van der Waals surface area contributed by atoms with Gasteiger partial charge < -0.3 is 0 Å². The standard InChI is InChI=1S/C14H9F6N4O/c15-9-2-1-3-24(25)12(9)10-4-8-5-22-23(11(8)6-21-10)7-13(16,17)14(18,19)20/h1-6,25H,7H2/q+1. The van der Waals surface area contributed by atoms with Gasteiger partial charge in [0.2, 0.25) is 12.0 Å². The Morgan fingerprint density at radius 1 is 1.16 bits per heavy atom. The molecule has 0 radical (unpaired) electrons. The average Bonchev–Trinajstić information content (AvgIpc) is 2.88. The largest absolute Gasteiger partial charge is 0.455 e. The van der Waals surface area contributed by atoms with Crippen molar-refractivity contribution in [2.45, 2.75) is 18.6 Å². The van der Waals surface area contributed by atoms with E-state index in [2.05, 4.69) is 10.1 Å². The second kappa shape index (κ2) is 5.60. The van der Waals surface area contributed by atoms with E-state index in [0.29, 0.717) is 9.41 Å². The number of hydrogen-bond acceptors (Lipinski definition) is 3. The summed E-state index contributed by atoms with van der Waals surface area (Å²) in [6.45, 7) is -1.71. The van der Waals surface area contributed by atoms with Crippen LogP contribution in [0.3, 0.4) is 0 Å². The Kier molecular flexibility index (Phi) is 3.81. The molecule has 0 spiro atoms. The highest BCUT2D eigenvalue weighted by Crippen LogP contribution is 2.37. The van der Waals surface area contributed by atoms with Gasteiger partial charge in [-0.2, -0.15) is 31.4 Å². The molecular formula is C14H9F6N4O+. The predicted molar refractivity (Wildman–Crippen MR) is 71.3 cm³/mol. The Labute approximate surface area is 135 Å². The molecule has 0 fully saturated rings. The van der Waals surface area contributed by atoms with Crippen LogP contribution in [-0.2, 0) is 6.54 Å². The van der Waals surface area contributed by atoms with E-state index < -0.39 is 24.5 Å². The van der Waals surface area contributed by atoms with Crippen molar-refractivity contribution in [2.24, 2.45) is 0 Å². The highest BCUT2D eigenvalue weighted by atomic mass is 19.4. The first-order valence-corrected chi connectivity index (χ1v) is 6.76. The van der Waals surface area contributed by atoms with Crippen LogP contribution in [0.25, 0.3) is 22.3 Å². The molecule has 0 aliphatic heterocycles. The fraction of sp³-hybridized carbons (Fsp3) is 0.214. The van der Waals surface area contributed by atoms with Crippen molar-refractivity contribution < 1.29 is 36.3 Å². The normalized spacial score (nSPS) is 12.7. The van der Waals surface area contributed by atoms with Gasteiger partial charge in [-0.25, -0.2) is 4.98 Å². The van der Waals surface area contributed by atoms with E-state index >= 15 is 0 Å². The SMILES string of the molecule is O[n+]1cccc(F)c1-c1cc2cnn(CC(F)(F)C(F)(F)F)c2cn1. The molecule has 0 saturated carbocycles. The molecule has 11 heteroatoms. The van der Waals surface area contributed by atoms with Crippen molar-refractivity contribution in [2.75, 3.05) is 0 Å². The molecular weight excluding hydrogens is 354 g/mol. The molecule has 132 valence electrons. The summed E-state index contributed by atoms with van der Waals surface area (Å²) >= 11 is 0. The molecule has 3 rings (SSSR count). The maximum atomic E-state index is 13.8. The van der Waals surface area contributed by atoms with Gasteiger partial charge in [-0.1, -0.05) is 0 Å². The van der Waals surface area contributed by atoms with Crippen molar-refractivity contribution in [1.82, 2.24) is 14.8 Å². The molecule has 0 aromatic carbocycles. The molecule has 1 N–H and O–H groups in total. The number of rotatable bonds is 3. The summed E-state index contributed by atoms with van der Waals surface area (Å²) < 4.78 is 78.1. The Morgan fingerprint density at radius 2 is 1.88 bits per heavy atom. The molecule has 25 heavy (non-hydrogen) atoms. The first-order valence-electron chi connectivity index (χ1n) is 6.76. The van der Waals surface area contributed by atoms with Crippen molar-refractivity contribution in [1.29, 1.82) is 0 Å². The molecule has 0 aliphatic carbocycles. The zero-order valence-corrected chi connectivity index (χ0v) is 12.2. The second-order valence-electron chi connectivity index (χ2n) is 5.18. The lowest BCUT2D eigenvalue weighted by Gasteiger charge is -2.19. The lowest BCUT2D eigenvalue weighted by molar-refractivity contribution is -0.897. The van der Waals surface area contributed by atoms with E-state index in [1.165, 1.54) is 12.1 Å². The summed E-state index contributed by atoms with van der Waals surface area (Å²) in [6.07, 6.45) is -2.53. The topological polar surface area (TPSA) is 54.8 Å². The summed E-state index contributed by atoms with van der Waals surface area (Å²) in [5.41, 5.74) is -0.429. The van der Waals surface area contributed by atoms with Crippen LogP contribution in [-0.4, -0.2) is 32.1 Å². The third kappa shape index (κ3) is 2.96. The van der Waals surface area contributed by atoms with Gasteiger partial charge in [-0.15, -0.1) is 0 Å². The molecule has 0 saturated heterocycles. The van der Waals surface area contributed by atoms with Gasteiger partial charge in [-0.3, -0.25) is 9.89 Å². The van der Waals surface area contributed by atoms with E-state index in [0.717, 1.165) is 24.7 Å². The summed E-state index contributed by atoms with van der Waals surface area (Å²) in [5, 5.41) is 13.3. The highest BCUT2D eigenvalue weighted by molar-refractivity contribution is 5.81. The third-order valence-corrected chi connectivity index (χ3v) is 3.46. The van der Waals surface area contributed by atoms with Gasteiger partial charge in [0.15, 0.2) is 0 Å². The zero-order chi connectivity index (χ0) is 18.4. The molecule has 0 bridgehead atoms. The van der Waals surface area contributed by atoms with E-state index in [-0.39, 0.29) is 22.3 Å². The number of hydrogen-bond donors (Lipinski definition) is 1. The zero-order valence-electron chi connectivity index (χ0n) is 12.2. The number of pyridine rings is 2. The van der Waals surface area contributed by atoms with Crippen molar-refractivity contribution >= 4 is 10.9 Å². The molecule has 3 heterocycles. The Bertz CT molecular complexity index is 916. The molecule has 0 aliphatic rings. The third-order valence-electron chi connectivity index (χ3n) is 3.46. The van der Waals surface area contributed by atoms with Crippen LogP contribution >= 0.6 is 0 Å². The molecule has 3 aromatic heterocycles. The number of aromatic nitrogens is 4. The predicted octanol–water partition coefficient (Wildman–Crippen LogP) is 2.96. The molecule has 5 nitrogen and oxygen atoms in total. The minimum Gasteiger partial charge on any atom is -0.284 e. The first kappa shape index (κ1) is 17.0. The lowest BCUT2D eigenvalue weighted by atomic mass is 10.2. The van der Waals surface area contributed by atoms with Crippen LogP contribution in [0.4, 0.5) is 26.3 Å². The Balaban J connectivity index is 2.03. The Morgan fingerprint density at radius 3 is 2.52 bits per heavy atom. The summed E-state index contributed by atoms with van der Waals surface area (Å²) in [4.78, 5) is 3.82. The monoisotopic (exact) mass is 363 g/mol. The van der Waals surface area contributed by atoms with Gasteiger partial charge >= 0.3 is 17.8 Å². The lowest BCUT2D eigenvalue weighted by Crippen LogP contribution is -2.40. The highest BCUT2D eigenvalue weighted by Gasteiger charge is 2.57. The maximum Gasteiger partial charge on any atom is 0.455 e. The van der Waals surface area contributed by atoms with E-state index in [1.54, 1.807) is 0 Å². The first-order chi connectivity index (χ1) is 11.6. The maximum absolute atomic E-state index is 13.8. The summed E-state index contributed by atoms with van der Waals surface area (Å²) in [6, 6.07) is 3.53. The quantitative estimate of drug-likeness (QED) is 0.442. The smallest absolute Gasteiger partial charge is 0.284 e. The molecule has 3 aromatic rings. The minimum absolute atomic E-state index is 0.0461. The van der Waals surface area contributed by atoms with Gasteiger partial charge in [0.05, 0.1) is 17.9 Å². The van der Waals surface area contributed by atoms with E-state index in [1.807, 2.05) is 0 Å². The Hall–Kier alpha value is -2.85. The van der Waals surface area contributed by atoms with Gasteiger partial charge in [-0.05, 0) is 12.1 Å². The van der Waals surface area contributed by atoms with Crippen LogP contribution in [0.1, 0.15) is 0 Å². The second-order valence-corrected chi connectivity index (χ2v) is 5.18. The fourth-order valence-electron chi connectivity index (χ4n) is 2.22. The van der Waals surface area contributed by atoms with Crippen molar-refractivity contribution in [3.05, 3.63) is 42.6 Å².